The second-order valence-corrected chi connectivity index (χ2v) is 4.49. The van der Waals surface area contributed by atoms with Crippen molar-refractivity contribution in [1.82, 2.24) is 5.32 Å². The van der Waals surface area contributed by atoms with E-state index in [4.69, 9.17) is 10.00 Å². The van der Waals surface area contributed by atoms with Crippen molar-refractivity contribution >= 4 is 5.91 Å². The minimum Gasteiger partial charge on any atom is -0.376 e. The molecule has 0 radical (unpaired) electrons. The number of amides is 1. The Bertz CT molecular complexity index is 304. The standard InChI is InChI=1S/C11H16N2O2/c1-8-9(3-6-15-8)13-10(14)11(7-12)4-2-5-11/h8-9H,2-6H2,1H3,(H,13,14). The van der Waals surface area contributed by atoms with Gasteiger partial charge >= 0.3 is 0 Å². The third-order valence-electron chi connectivity index (χ3n) is 3.55. The Balaban J connectivity index is 1.95. The van der Waals surface area contributed by atoms with Crippen molar-refractivity contribution in [2.75, 3.05) is 6.61 Å². The second kappa shape index (κ2) is 3.82. The molecule has 1 saturated carbocycles. The number of carbonyl (C=O) groups excluding carboxylic acids is 1. The molecule has 0 aromatic carbocycles. The van der Waals surface area contributed by atoms with Gasteiger partial charge in [-0.05, 0) is 32.6 Å². The van der Waals surface area contributed by atoms with E-state index in [1.165, 1.54) is 0 Å². The highest BCUT2D eigenvalue weighted by Gasteiger charge is 2.45. The summed E-state index contributed by atoms with van der Waals surface area (Å²) in [5.41, 5.74) is -0.734. The van der Waals surface area contributed by atoms with E-state index in [9.17, 15) is 4.79 Å². The van der Waals surface area contributed by atoms with E-state index in [1.807, 2.05) is 6.92 Å². The van der Waals surface area contributed by atoms with Crippen LogP contribution in [0.5, 0.6) is 0 Å². The van der Waals surface area contributed by atoms with Gasteiger partial charge in [0.15, 0.2) is 0 Å². The Hall–Kier alpha value is -1.08. The number of rotatable bonds is 2. The minimum atomic E-state index is -0.734. The van der Waals surface area contributed by atoms with Crippen molar-refractivity contribution < 1.29 is 9.53 Å². The number of nitrogens with zero attached hydrogens (tertiary/aromatic N) is 1. The lowest BCUT2D eigenvalue weighted by Gasteiger charge is -2.34. The van der Waals surface area contributed by atoms with Crippen LogP contribution in [0.3, 0.4) is 0 Å². The number of nitrogens with one attached hydrogen (secondary N) is 1. The van der Waals surface area contributed by atoms with Crippen LogP contribution in [-0.4, -0.2) is 24.7 Å². The number of hydrogen-bond donors (Lipinski definition) is 1. The zero-order chi connectivity index (χ0) is 10.9. The number of nitriles is 1. The first-order valence-corrected chi connectivity index (χ1v) is 5.52. The molecular weight excluding hydrogens is 192 g/mol. The molecular formula is C11H16N2O2. The average Bonchev–Trinajstić information content (AvgIpc) is 2.51. The maximum atomic E-state index is 11.9. The first kappa shape index (κ1) is 10.4. The Morgan fingerprint density at radius 2 is 2.33 bits per heavy atom. The fraction of sp³-hybridized carbons (Fsp3) is 0.818. The van der Waals surface area contributed by atoms with Crippen LogP contribution >= 0.6 is 0 Å². The Labute approximate surface area is 89.6 Å². The van der Waals surface area contributed by atoms with Crippen LogP contribution in [0.25, 0.3) is 0 Å². The van der Waals surface area contributed by atoms with Gasteiger partial charge in [-0.15, -0.1) is 0 Å². The van der Waals surface area contributed by atoms with Crippen LogP contribution < -0.4 is 5.32 Å². The summed E-state index contributed by atoms with van der Waals surface area (Å²) < 4.78 is 5.37. The average molecular weight is 208 g/mol. The van der Waals surface area contributed by atoms with Gasteiger partial charge in [0.25, 0.3) is 0 Å². The van der Waals surface area contributed by atoms with Crippen molar-refractivity contribution in [2.45, 2.75) is 44.8 Å². The quantitative estimate of drug-likeness (QED) is 0.735. The van der Waals surface area contributed by atoms with Gasteiger partial charge < -0.3 is 10.1 Å². The van der Waals surface area contributed by atoms with Gasteiger partial charge in [0.05, 0.1) is 18.2 Å². The zero-order valence-corrected chi connectivity index (χ0v) is 8.95. The van der Waals surface area contributed by atoms with Gasteiger partial charge in [0, 0.05) is 6.61 Å². The van der Waals surface area contributed by atoms with Gasteiger partial charge in [-0.3, -0.25) is 4.79 Å². The molecule has 1 aliphatic carbocycles. The summed E-state index contributed by atoms with van der Waals surface area (Å²) in [7, 11) is 0. The summed E-state index contributed by atoms with van der Waals surface area (Å²) in [4.78, 5) is 11.9. The van der Waals surface area contributed by atoms with E-state index in [0.29, 0.717) is 19.4 Å². The summed E-state index contributed by atoms with van der Waals surface area (Å²) in [6, 6.07) is 2.24. The SMILES string of the molecule is CC1OCCC1NC(=O)C1(C#N)CCC1. The fourth-order valence-electron chi connectivity index (χ4n) is 2.15. The monoisotopic (exact) mass is 208 g/mol. The molecule has 0 aromatic rings. The van der Waals surface area contributed by atoms with Gasteiger partial charge in [-0.2, -0.15) is 5.26 Å². The van der Waals surface area contributed by atoms with Crippen LogP contribution in [0, 0.1) is 16.7 Å². The lowest BCUT2D eigenvalue weighted by atomic mass is 9.69. The van der Waals surface area contributed by atoms with E-state index in [-0.39, 0.29) is 18.1 Å². The summed E-state index contributed by atoms with van der Waals surface area (Å²) in [5.74, 6) is -0.0985. The highest BCUT2D eigenvalue weighted by Crippen LogP contribution is 2.40. The van der Waals surface area contributed by atoms with Crippen molar-refractivity contribution in [3.8, 4) is 6.07 Å². The minimum absolute atomic E-state index is 0.0739. The highest BCUT2D eigenvalue weighted by atomic mass is 16.5. The molecule has 2 aliphatic rings. The Morgan fingerprint density at radius 3 is 2.73 bits per heavy atom. The molecule has 1 aliphatic heterocycles. The summed E-state index contributed by atoms with van der Waals surface area (Å²) in [5, 5.41) is 11.9. The van der Waals surface area contributed by atoms with Crippen LogP contribution in [-0.2, 0) is 9.53 Å². The van der Waals surface area contributed by atoms with Crippen LogP contribution in [0.15, 0.2) is 0 Å². The first-order chi connectivity index (χ1) is 7.18. The van der Waals surface area contributed by atoms with Crippen molar-refractivity contribution in [3.05, 3.63) is 0 Å². The molecule has 2 atom stereocenters. The molecule has 2 unspecified atom stereocenters. The molecule has 1 N–H and O–H groups in total. The third kappa shape index (κ3) is 1.72. The zero-order valence-electron chi connectivity index (χ0n) is 8.95. The lowest BCUT2D eigenvalue weighted by Crippen LogP contribution is -2.50. The second-order valence-electron chi connectivity index (χ2n) is 4.49. The van der Waals surface area contributed by atoms with E-state index >= 15 is 0 Å². The molecule has 1 amide bonds. The number of hydrogen-bond acceptors (Lipinski definition) is 3. The fourth-order valence-corrected chi connectivity index (χ4v) is 2.15. The first-order valence-electron chi connectivity index (χ1n) is 5.52. The number of ether oxygens (including phenoxy) is 1. The number of carbonyl (C=O) groups is 1. The molecule has 1 heterocycles. The Morgan fingerprint density at radius 1 is 1.60 bits per heavy atom. The van der Waals surface area contributed by atoms with Gasteiger partial charge in [-0.25, -0.2) is 0 Å². The molecule has 82 valence electrons. The molecule has 4 heteroatoms. The van der Waals surface area contributed by atoms with E-state index in [2.05, 4.69) is 11.4 Å². The topological polar surface area (TPSA) is 62.1 Å². The molecule has 15 heavy (non-hydrogen) atoms. The maximum absolute atomic E-state index is 11.9. The summed E-state index contributed by atoms with van der Waals surface area (Å²) in [6.07, 6.45) is 3.32. The molecule has 0 spiro atoms. The van der Waals surface area contributed by atoms with E-state index < -0.39 is 5.41 Å². The van der Waals surface area contributed by atoms with Crippen LogP contribution in [0.2, 0.25) is 0 Å². The molecule has 0 bridgehead atoms. The molecule has 2 rings (SSSR count). The molecule has 4 nitrogen and oxygen atoms in total. The summed E-state index contributed by atoms with van der Waals surface area (Å²) in [6.45, 7) is 2.66. The molecule has 1 saturated heterocycles. The van der Waals surface area contributed by atoms with Crippen LogP contribution in [0.4, 0.5) is 0 Å². The summed E-state index contributed by atoms with van der Waals surface area (Å²) >= 11 is 0. The smallest absolute Gasteiger partial charge is 0.240 e. The molecule has 2 fully saturated rings. The van der Waals surface area contributed by atoms with E-state index in [0.717, 1.165) is 12.8 Å². The lowest BCUT2D eigenvalue weighted by molar-refractivity contribution is -0.132. The highest BCUT2D eigenvalue weighted by molar-refractivity contribution is 5.86. The van der Waals surface area contributed by atoms with Crippen molar-refractivity contribution in [2.24, 2.45) is 5.41 Å². The largest absolute Gasteiger partial charge is 0.376 e. The normalized spacial score (nSPS) is 32.8. The van der Waals surface area contributed by atoms with Crippen molar-refractivity contribution in [1.29, 1.82) is 5.26 Å². The third-order valence-corrected chi connectivity index (χ3v) is 3.55. The maximum Gasteiger partial charge on any atom is 0.240 e. The van der Waals surface area contributed by atoms with Crippen molar-refractivity contribution in [3.63, 3.8) is 0 Å². The Kier molecular flexibility index (Phi) is 2.66. The van der Waals surface area contributed by atoms with Crippen LogP contribution in [0.1, 0.15) is 32.6 Å². The van der Waals surface area contributed by atoms with Gasteiger partial charge in [0.2, 0.25) is 5.91 Å². The van der Waals surface area contributed by atoms with E-state index in [1.54, 1.807) is 0 Å². The molecule has 0 aromatic heterocycles. The van der Waals surface area contributed by atoms with Gasteiger partial charge in [-0.1, -0.05) is 0 Å². The predicted molar refractivity (Wildman–Crippen MR) is 53.9 cm³/mol. The predicted octanol–water partition coefficient (Wildman–Crippen LogP) is 0.974. The van der Waals surface area contributed by atoms with Gasteiger partial charge in [0.1, 0.15) is 5.41 Å².